The molecule has 3 rings (SSSR count). The molecule has 2 N–H and O–H groups in total. The number of carbonyl (C=O) groups is 2. The molecule has 0 aliphatic heterocycles. The van der Waals surface area contributed by atoms with Crippen molar-refractivity contribution in [1.82, 2.24) is 9.97 Å². The van der Waals surface area contributed by atoms with Crippen LogP contribution >= 0.6 is 11.3 Å². The average molecular weight is 287 g/mol. The van der Waals surface area contributed by atoms with Crippen LogP contribution in [0.2, 0.25) is 0 Å². The number of thiazole rings is 1. The zero-order valence-electron chi connectivity index (χ0n) is 10.7. The summed E-state index contributed by atoms with van der Waals surface area (Å²) >= 11 is 1.32. The molecule has 2 heterocycles. The molecule has 20 heavy (non-hydrogen) atoms. The number of Topliss-reactive ketones (excluding diaryl/α,β-unsaturated/α-hetero) is 2. The minimum atomic E-state index is -0.623. The molecule has 102 valence electrons. The van der Waals surface area contributed by atoms with Crippen LogP contribution in [0.25, 0.3) is 0 Å². The van der Waals surface area contributed by atoms with Crippen molar-refractivity contribution in [2.24, 2.45) is 5.92 Å². The zero-order valence-corrected chi connectivity index (χ0v) is 11.5. The van der Waals surface area contributed by atoms with Crippen LogP contribution in [0.5, 0.6) is 0 Å². The number of hydrogen-bond acceptors (Lipinski definition) is 6. The lowest BCUT2D eigenvalue weighted by Crippen LogP contribution is -2.23. The van der Waals surface area contributed by atoms with Gasteiger partial charge in [-0.1, -0.05) is 0 Å². The molecular weight excluding hydrogens is 274 g/mol. The Bertz CT molecular complexity index is 663. The third-order valence-corrected chi connectivity index (χ3v) is 4.36. The number of ketones is 2. The lowest BCUT2D eigenvalue weighted by molar-refractivity contribution is 0.0804. The van der Waals surface area contributed by atoms with Gasteiger partial charge >= 0.3 is 0 Å². The summed E-state index contributed by atoms with van der Waals surface area (Å²) in [5.74, 6) is -0.550. The van der Waals surface area contributed by atoms with Crippen molar-refractivity contribution in [1.29, 1.82) is 0 Å². The van der Waals surface area contributed by atoms with Gasteiger partial charge in [0.15, 0.2) is 11.6 Å². The van der Waals surface area contributed by atoms with Crippen molar-refractivity contribution in [3.63, 3.8) is 0 Å². The van der Waals surface area contributed by atoms with Gasteiger partial charge in [-0.3, -0.25) is 9.59 Å². The fourth-order valence-corrected chi connectivity index (χ4v) is 3.25. The summed E-state index contributed by atoms with van der Waals surface area (Å²) in [4.78, 5) is 33.7. The first-order chi connectivity index (χ1) is 9.66. The summed E-state index contributed by atoms with van der Waals surface area (Å²) in [6.45, 7) is 0. The van der Waals surface area contributed by atoms with Gasteiger partial charge in [0.25, 0.3) is 0 Å². The van der Waals surface area contributed by atoms with E-state index in [2.05, 4.69) is 9.97 Å². The smallest absolute Gasteiger partial charge is 0.185 e. The van der Waals surface area contributed by atoms with Crippen molar-refractivity contribution in [3.05, 3.63) is 40.0 Å². The number of pyridine rings is 1. The van der Waals surface area contributed by atoms with Gasteiger partial charge < -0.3 is 5.73 Å². The van der Waals surface area contributed by atoms with E-state index in [0.717, 1.165) is 18.5 Å². The Labute approximate surface area is 119 Å². The van der Waals surface area contributed by atoms with E-state index in [1.165, 1.54) is 17.5 Å². The maximum atomic E-state index is 12.5. The first-order valence-electron chi connectivity index (χ1n) is 6.39. The van der Waals surface area contributed by atoms with Crippen molar-refractivity contribution in [2.45, 2.75) is 19.3 Å². The predicted molar refractivity (Wildman–Crippen MR) is 75.9 cm³/mol. The van der Waals surface area contributed by atoms with E-state index in [1.54, 1.807) is 17.6 Å². The van der Waals surface area contributed by atoms with Crippen LogP contribution in [0, 0.1) is 5.92 Å². The summed E-state index contributed by atoms with van der Waals surface area (Å²) in [6.07, 6.45) is 3.55. The van der Waals surface area contributed by atoms with Crippen molar-refractivity contribution in [3.8, 4) is 0 Å². The highest BCUT2D eigenvalue weighted by molar-refractivity contribution is 7.12. The molecular formula is C14H13N3O2S. The molecule has 0 aromatic carbocycles. The molecule has 1 atom stereocenters. The molecule has 2 aromatic rings. The van der Waals surface area contributed by atoms with Gasteiger partial charge in [0, 0.05) is 11.8 Å². The number of anilines is 1. The Morgan fingerprint density at radius 2 is 2.20 bits per heavy atom. The maximum absolute atomic E-state index is 12.5. The van der Waals surface area contributed by atoms with Gasteiger partial charge in [-0.15, -0.1) is 11.3 Å². The lowest BCUT2D eigenvalue weighted by atomic mass is 9.91. The van der Waals surface area contributed by atoms with Gasteiger partial charge in [-0.2, -0.15) is 0 Å². The molecule has 1 aliphatic carbocycles. The zero-order chi connectivity index (χ0) is 14.1. The fraction of sp³-hybridized carbons (Fsp3) is 0.286. The lowest BCUT2D eigenvalue weighted by Gasteiger charge is -2.11. The van der Waals surface area contributed by atoms with E-state index < -0.39 is 5.92 Å². The molecule has 5 nitrogen and oxygen atoms in total. The SMILES string of the molecule is Nc1ccc(C(=O)C2CCCc3ncsc3C2=O)cn1. The summed E-state index contributed by atoms with van der Waals surface area (Å²) < 4.78 is 0. The van der Waals surface area contributed by atoms with Gasteiger partial charge in [-0.25, -0.2) is 9.97 Å². The van der Waals surface area contributed by atoms with E-state index in [-0.39, 0.29) is 11.6 Å². The first kappa shape index (κ1) is 12.9. The van der Waals surface area contributed by atoms with Gasteiger partial charge in [0.1, 0.15) is 5.82 Å². The summed E-state index contributed by atoms with van der Waals surface area (Å²) in [5.41, 5.74) is 8.44. The molecule has 0 fully saturated rings. The molecule has 1 unspecified atom stereocenters. The number of fused-ring (bicyclic) bond motifs is 1. The Morgan fingerprint density at radius 1 is 1.35 bits per heavy atom. The minimum absolute atomic E-state index is 0.109. The van der Waals surface area contributed by atoms with E-state index in [0.29, 0.717) is 22.7 Å². The summed E-state index contributed by atoms with van der Waals surface area (Å²) in [5, 5.41) is 0. The number of nitrogens with zero attached hydrogens (tertiary/aromatic N) is 2. The average Bonchev–Trinajstić information content (AvgIpc) is 2.86. The minimum Gasteiger partial charge on any atom is -0.384 e. The van der Waals surface area contributed by atoms with Crippen LogP contribution in [-0.2, 0) is 6.42 Å². The predicted octanol–water partition coefficient (Wildman–Crippen LogP) is 2.14. The fourth-order valence-electron chi connectivity index (χ4n) is 2.41. The highest BCUT2D eigenvalue weighted by Gasteiger charge is 2.33. The normalized spacial score (nSPS) is 18.4. The highest BCUT2D eigenvalue weighted by Crippen LogP contribution is 2.28. The molecule has 6 heteroatoms. The largest absolute Gasteiger partial charge is 0.384 e. The maximum Gasteiger partial charge on any atom is 0.185 e. The molecule has 0 spiro atoms. The molecule has 0 saturated carbocycles. The van der Waals surface area contributed by atoms with Crippen molar-refractivity contribution in [2.75, 3.05) is 5.73 Å². The van der Waals surface area contributed by atoms with Crippen LogP contribution in [0.3, 0.4) is 0 Å². The number of rotatable bonds is 2. The Balaban J connectivity index is 1.92. The van der Waals surface area contributed by atoms with E-state index in [4.69, 9.17) is 5.73 Å². The van der Waals surface area contributed by atoms with Crippen LogP contribution in [0.15, 0.2) is 23.8 Å². The quantitative estimate of drug-likeness (QED) is 0.519. The number of hydrogen-bond donors (Lipinski definition) is 1. The highest BCUT2D eigenvalue weighted by atomic mass is 32.1. The Hall–Kier alpha value is -2.08. The summed E-state index contributed by atoms with van der Waals surface area (Å²) in [6, 6.07) is 3.20. The Kier molecular flexibility index (Phi) is 3.31. The molecule has 0 radical (unpaired) electrons. The topological polar surface area (TPSA) is 85.9 Å². The second-order valence-corrected chi connectivity index (χ2v) is 5.63. The van der Waals surface area contributed by atoms with Crippen LogP contribution in [-0.4, -0.2) is 21.5 Å². The molecule has 1 aliphatic rings. The van der Waals surface area contributed by atoms with Crippen LogP contribution in [0.4, 0.5) is 5.82 Å². The van der Waals surface area contributed by atoms with Gasteiger partial charge in [0.05, 0.1) is 22.0 Å². The van der Waals surface area contributed by atoms with Crippen molar-refractivity contribution >= 4 is 28.7 Å². The second-order valence-electron chi connectivity index (χ2n) is 4.77. The molecule has 0 saturated heterocycles. The van der Waals surface area contributed by atoms with E-state index in [1.807, 2.05) is 0 Å². The number of aryl methyl sites for hydroxylation is 1. The van der Waals surface area contributed by atoms with E-state index >= 15 is 0 Å². The third-order valence-electron chi connectivity index (χ3n) is 3.48. The number of carbonyl (C=O) groups excluding carboxylic acids is 2. The van der Waals surface area contributed by atoms with Crippen LogP contribution in [0.1, 0.15) is 38.6 Å². The van der Waals surface area contributed by atoms with Gasteiger partial charge in [-0.05, 0) is 31.4 Å². The number of aromatic nitrogens is 2. The standard InChI is InChI=1S/C14H13N3O2S/c15-11-5-4-8(6-16-11)12(18)9-2-1-3-10-14(13(9)19)20-7-17-10/h4-7,9H,1-3H2,(H2,15,16). The van der Waals surface area contributed by atoms with E-state index in [9.17, 15) is 9.59 Å². The first-order valence-corrected chi connectivity index (χ1v) is 7.27. The molecule has 2 aromatic heterocycles. The Morgan fingerprint density at radius 3 is 2.95 bits per heavy atom. The molecule has 0 amide bonds. The third kappa shape index (κ3) is 2.22. The molecule has 0 bridgehead atoms. The van der Waals surface area contributed by atoms with Gasteiger partial charge in [0.2, 0.25) is 0 Å². The second kappa shape index (κ2) is 5.13. The summed E-state index contributed by atoms with van der Waals surface area (Å²) in [7, 11) is 0. The van der Waals surface area contributed by atoms with Crippen LogP contribution < -0.4 is 5.73 Å². The number of nitrogen functional groups attached to an aromatic ring is 1. The number of nitrogens with two attached hydrogens (primary N) is 1. The van der Waals surface area contributed by atoms with Crippen molar-refractivity contribution < 1.29 is 9.59 Å². The monoisotopic (exact) mass is 287 g/mol.